The molecule has 3 aromatic carbocycles. The SMILES string of the molecule is CC(C)(C)OC(=O)NCCOCCOCCOc1ccc(CCc2c(-c3ccc(C(F)(F)F)cc3)[nH]n(-c3nc4ccc(Cl)cc4[nH]3)c2=O)cc1. The Labute approximate surface area is 297 Å². The Morgan fingerprint density at radius 1 is 0.902 bits per heavy atom. The molecule has 2 heterocycles. The Kier molecular flexibility index (Phi) is 12.1. The van der Waals surface area contributed by atoms with Crippen LogP contribution in [0.4, 0.5) is 18.0 Å². The summed E-state index contributed by atoms with van der Waals surface area (Å²) in [4.78, 5) is 32.9. The molecule has 0 atom stereocenters. The number of H-pyrrole nitrogens is 2. The number of aromatic amines is 2. The van der Waals surface area contributed by atoms with E-state index in [0.717, 1.165) is 17.7 Å². The van der Waals surface area contributed by atoms with Crippen molar-refractivity contribution in [2.45, 2.75) is 45.4 Å². The molecule has 15 heteroatoms. The minimum atomic E-state index is -4.49. The number of carbonyl (C=O) groups is 1. The van der Waals surface area contributed by atoms with Gasteiger partial charge in [0.1, 0.15) is 18.0 Å². The first kappa shape index (κ1) is 37.5. The highest BCUT2D eigenvalue weighted by Gasteiger charge is 2.30. The third-order valence-electron chi connectivity index (χ3n) is 7.50. The molecule has 0 saturated heterocycles. The summed E-state index contributed by atoms with van der Waals surface area (Å²) in [5, 5.41) is 6.17. The topological polar surface area (TPSA) is 132 Å². The third kappa shape index (κ3) is 10.6. The van der Waals surface area contributed by atoms with Crippen molar-refractivity contribution in [1.29, 1.82) is 0 Å². The average Bonchev–Trinajstić information content (AvgIpc) is 3.64. The van der Waals surface area contributed by atoms with Gasteiger partial charge in [0.05, 0.1) is 48.7 Å². The number of fused-ring (bicyclic) bond motifs is 1. The molecule has 0 bridgehead atoms. The van der Waals surface area contributed by atoms with Gasteiger partial charge in [-0.2, -0.15) is 17.9 Å². The molecule has 5 aromatic rings. The van der Waals surface area contributed by atoms with E-state index in [0.29, 0.717) is 91.0 Å². The highest BCUT2D eigenvalue weighted by Crippen LogP contribution is 2.31. The van der Waals surface area contributed by atoms with Crippen molar-refractivity contribution in [2.24, 2.45) is 0 Å². The summed E-state index contributed by atoms with van der Waals surface area (Å²) in [7, 11) is 0. The van der Waals surface area contributed by atoms with E-state index in [9.17, 15) is 22.8 Å². The number of nitrogens with zero attached hydrogens (tertiary/aromatic N) is 2. The van der Waals surface area contributed by atoms with Crippen molar-refractivity contribution < 1.29 is 36.9 Å². The molecule has 0 radical (unpaired) electrons. The molecule has 0 aliphatic rings. The zero-order valence-corrected chi connectivity index (χ0v) is 29.1. The lowest BCUT2D eigenvalue weighted by Crippen LogP contribution is -2.34. The number of benzene rings is 3. The van der Waals surface area contributed by atoms with Gasteiger partial charge in [0, 0.05) is 17.1 Å². The number of alkyl halides is 3. The van der Waals surface area contributed by atoms with E-state index >= 15 is 0 Å². The monoisotopic (exact) mass is 729 g/mol. The van der Waals surface area contributed by atoms with Gasteiger partial charge in [0.25, 0.3) is 5.56 Å². The number of hydrogen-bond donors (Lipinski definition) is 3. The maximum Gasteiger partial charge on any atom is 0.416 e. The van der Waals surface area contributed by atoms with Gasteiger partial charge < -0.3 is 29.2 Å². The Morgan fingerprint density at radius 2 is 1.59 bits per heavy atom. The van der Waals surface area contributed by atoms with E-state index in [1.54, 1.807) is 39.0 Å². The van der Waals surface area contributed by atoms with Crippen LogP contribution in [0, 0.1) is 0 Å². The number of imidazole rings is 1. The molecule has 0 saturated carbocycles. The Morgan fingerprint density at radius 3 is 2.27 bits per heavy atom. The minimum Gasteiger partial charge on any atom is -0.491 e. The molecule has 1 amide bonds. The molecule has 0 aliphatic carbocycles. The maximum atomic E-state index is 13.7. The van der Waals surface area contributed by atoms with Gasteiger partial charge in [-0.25, -0.2) is 9.78 Å². The van der Waals surface area contributed by atoms with Gasteiger partial charge >= 0.3 is 12.3 Å². The van der Waals surface area contributed by atoms with Crippen LogP contribution in [0.1, 0.15) is 37.5 Å². The maximum absolute atomic E-state index is 13.7. The standard InChI is InChI=1S/C36H39ClF3N5O6/c1-35(2,3)51-34(47)41-16-17-48-18-19-49-20-21-50-27-12-4-23(5-13-27)6-14-28-31(24-7-9-25(10-8-24)36(38,39)40)44-45(32(28)46)33-42-29-15-11-26(37)22-30(29)43-33/h4-5,7-13,15,22,44H,6,14,16-21H2,1-3H3,(H,41,47)(H,42,43). The summed E-state index contributed by atoms with van der Waals surface area (Å²) < 4.78 is 62.9. The first-order valence-corrected chi connectivity index (χ1v) is 16.7. The summed E-state index contributed by atoms with van der Waals surface area (Å²) in [6.45, 7) is 7.46. The lowest BCUT2D eigenvalue weighted by Gasteiger charge is -2.19. The van der Waals surface area contributed by atoms with Crippen molar-refractivity contribution in [3.8, 4) is 23.0 Å². The summed E-state index contributed by atoms with van der Waals surface area (Å²) in [5.74, 6) is 0.869. The molecule has 0 unspecified atom stereocenters. The van der Waals surface area contributed by atoms with E-state index in [-0.39, 0.29) is 11.5 Å². The zero-order chi connectivity index (χ0) is 36.6. The molecular weight excluding hydrogens is 691 g/mol. The molecule has 51 heavy (non-hydrogen) atoms. The lowest BCUT2D eigenvalue weighted by atomic mass is 10.0. The Bertz CT molecular complexity index is 1970. The van der Waals surface area contributed by atoms with Crippen LogP contribution >= 0.6 is 11.6 Å². The summed E-state index contributed by atoms with van der Waals surface area (Å²) in [6, 6.07) is 17.2. The molecule has 272 valence electrons. The van der Waals surface area contributed by atoms with E-state index in [1.807, 2.05) is 24.3 Å². The first-order chi connectivity index (χ1) is 24.3. The Balaban J connectivity index is 1.14. The number of alkyl carbamates (subject to hydrolysis) is 1. The van der Waals surface area contributed by atoms with E-state index in [4.69, 9.17) is 30.5 Å². The summed E-state index contributed by atoms with van der Waals surface area (Å²) >= 11 is 6.11. The second-order valence-electron chi connectivity index (χ2n) is 12.5. The fraction of sp³-hybridized carbons (Fsp3) is 0.361. The van der Waals surface area contributed by atoms with Crippen molar-refractivity contribution in [3.63, 3.8) is 0 Å². The van der Waals surface area contributed by atoms with Gasteiger partial charge in [-0.15, -0.1) is 0 Å². The van der Waals surface area contributed by atoms with Crippen LogP contribution in [0.15, 0.2) is 71.5 Å². The summed E-state index contributed by atoms with van der Waals surface area (Å²) in [5.41, 5.74) is 1.66. The average molecular weight is 730 g/mol. The van der Waals surface area contributed by atoms with Gasteiger partial charge in [-0.05, 0) is 87.2 Å². The van der Waals surface area contributed by atoms with Crippen LogP contribution in [0.2, 0.25) is 5.02 Å². The highest BCUT2D eigenvalue weighted by molar-refractivity contribution is 6.31. The minimum absolute atomic E-state index is 0.224. The number of nitrogens with one attached hydrogen (secondary N) is 3. The van der Waals surface area contributed by atoms with E-state index < -0.39 is 23.4 Å². The van der Waals surface area contributed by atoms with E-state index in [2.05, 4.69) is 20.4 Å². The van der Waals surface area contributed by atoms with Crippen molar-refractivity contribution in [3.05, 3.63) is 98.8 Å². The van der Waals surface area contributed by atoms with Crippen LogP contribution in [0.5, 0.6) is 5.75 Å². The predicted octanol–water partition coefficient (Wildman–Crippen LogP) is 7.10. The largest absolute Gasteiger partial charge is 0.491 e. The number of aryl methyl sites for hydroxylation is 1. The van der Waals surface area contributed by atoms with E-state index in [1.165, 1.54) is 16.8 Å². The second-order valence-corrected chi connectivity index (χ2v) is 13.0. The van der Waals surface area contributed by atoms with Gasteiger partial charge in [0.15, 0.2) is 0 Å². The first-order valence-electron chi connectivity index (χ1n) is 16.3. The van der Waals surface area contributed by atoms with Crippen molar-refractivity contribution in [2.75, 3.05) is 39.6 Å². The van der Waals surface area contributed by atoms with Crippen LogP contribution in [0.25, 0.3) is 28.2 Å². The molecule has 2 aromatic heterocycles. The fourth-order valence-corrected chi connectivity index (χ4v) is 5.27. The molecule has 5 rings (SSSR count). The van der Waals surface area contributed by atoms with Crippen LogP contribution in [-0.2, 0) is 33.2 Å². The van der Waals surface area contributed by atoms with Gasteiger partial charge in [-0.3, -0.25) is 9.89 Å². The highest BCUT2D eigenvalue weighted by atomic mass is 35.5. The Hall–Kier alpha value is -4.79. The number of halogens is 4. The number of hydrogen-bond acceptors (Lipinski definition) is 7. The molecular formula is C36H39ClF3N5O6. The number of carbonyl (C=O) groups excluding carboxylic acids is 1. The van der Waals surface area contributed by atoms with Crippen LogP contribution in [-0.4, -0.2) is 71.0 Å². The third-order valence-corrected chi connectivity index (χ3v) is 7.74. The number of amides is 1. The van der Waals surface area contributed by atoms with Gasteiger partial charge in [-0.1, -0.05) is 35.9 Å². The van der Waals surface area contributed by atoms with Gasteiger partial charge in [0.2, 0.25) is 5.95 Å². The van der Waals surface area contributed by atoms with Crippen LogP contribution in [0.3, 0.4) is 0 Å². The quantitative estimate of drug-likeness (QED) is 0.0980. The number of rotatable bonds is 15. The van der Waals surface area contributed by atoms with Crippen molar-refractivity contribution >= 4 is 28.7 Å². The zero-order valence-electron chi connectivity index (χ0n) is 28.4. The number of aromatic nitrogens is 4. The molecule has 0 fully saturated rings. The normalized spacial score (nSPS) is 12.0. The second kappa shape index (κ2) is 16.5. The number of ether oxygens (including phenoxy) is 4. The molecule has 0 aliphatic heterocycles. The smallest absolute Gasteiger partial charge is 0.416 e. The lowest BCUT2D eigenvalue weighted by molar-refractivity contribution is -0.137. The fourth-order valence-electron chi connectivity index (χ4n) is 5.09. The molecule has 3 N–H and O–H groups in total. The van der Waals surface area contributed by atoms with Crippen molar-refractivity contribution in [1.82, 2.24) is 25.1 Å². The van der Waals surface area contributed by atoms with Crippen LogP contribution < -0.4 is 15.6 Å². The predicted molar refractivity (Wildman–Crippen MR) is 187 cm³/mol. The summed E-state index contributed by atoms with van der Waals surface area (Å²) in [6.07, 6.45) is -4.20. The molecule has 11 nitrogen and oxygen atoms in total. The molecule has 0 spiro atoms.